The number of benzene rings is 2. The lowest BCUT2D eigenvalue weighted by atomic mass is 10.1. The second kappa shape index (κ2) is 7.47. The lowest BCUT2D eigenvalue weighted by molar-refractivity contribution is 1.15. The van der Waals surface area contributed by atoms with Crippen molar-refractivity contribution in [2.75, 3.05) is 11.5 Å². The number of thiol groups is 1. The van der Waals surface area contributed by atoms with E-state index in [4.69, 9.17) is 0 Å². The summed E-state index contributed by atoms with van der Waals surface area (Å²) in [6, 6.07) is 17.4. The van der Waals surface area contributed by atoms with Gasteiger partial charge < -0.3 is 0 Å². The molecular weight excluding hydrogens is 348 g/mol. The van der Waals surface area contributed by atoms with Crippen LogP contribution >= 0.6 is 36.2 Å². The third-order valence-corrected chi connectivity index (χ3v) is 7.78. The number of hydrogen-bond acceptors (Lipinski definition) is 3. The Morgan fingerprint density at radius 2 is 1.42 bits per heavy atom. The van der Waals surface area contributed by atoms with Crippen molar-refractivity contribution in [3.63, 3.8) is 0 Å². The van der Waals surface area contributed by atoms with Crippen LogP contribution in [0.15, 0.2) is 58.3 Å². The molecule has 0 heterocycles. The topological polar surface area (TPSA) is 0 Å². The quantitative estimate of drug-likeness (QED) is 0.626. The lowest BCUT2D eigenvalue weighted by Gasteiger charge is -2.14. The zero-order chi connectivity index (χ0) is 16.4. The van der Waals surface area contributed by atoms with E-state index < -0.39 is 0 Å². The maximum atomic E-state index is 4.60. The van der Waals surface area contributed by atoms with E-state index in [-0.39, 0.29) is 0 Å². The van der Waals surface area contributed by atoms with Crippen LogP contribution in [0.25, 0.3) is 12.2 Å². The Morgan fingerprint density at radius 1 is 0.833 bits per heavy atom. The van der Waals surface area contributed by atoms with Crippen LogP contribution in [0.4, 0.5) is 0 Å². The Balaban J connectivity index is 1.33. The summed E-state index contributed by atoms with van der Waals surface area (Å²) in [7, 11) is 0. The minimum absolute atomic E-state index is 0.559. The number of fused-ring (bicyclic) bond motifs is 2. The maximum absolute atomic E-state index is 4.60. The van der Waals surface area contributed by atoms with Gasteiger partial charge in [0.1, 0.15) is 0 Å². The van der Waals surface area contributed by atoms with Crippen molar-refractivity contribution in [1.29, 1.82) is 0 Å². The highest BCUT2D eigenvalue weighted by Gasteiger charge is 2.19. The summed E-state index contributed by atoms with van der Waals surface area (Å²) < 4.78 is 0. The predicted molar refractivity (Wildman–Crippen MR) is 114 cm³/mol. The van der Waals surface area contributed by atoms with Gasteiger partial charge in [0.15, 0.2) is 0 Å². The second-order valence-electron chi connectivity index (χ2n) is 6.21. The van der Waals surface area contributed by atoms with Crippen LogP contribution in [-0.2, 0) is 12.8 Å². The summed E-state index contributed by atoms with van der Waals surface area (Å²) in [6.45, 7) is 0. The van der Waals surface area contributed by atoms with Crippen LogP contribution < -0.4 is 0 Å². The molecule has 3 heteroatoms. The smallest absolute Gasteiger partial charge is 0.0273 e. The fraction of sp³-hybridized carbons (Fsp3) is 0.238. The van der Waals surface area contributed by atoms with Crippen molar-refractivity contribution in [2.45, 2.75) is 18.1 Å². The molecular formula is C21H20S3. The summed E-state index contributed by atoms with van der Waals surface area (Å²) in [4.78, 5) is 2.98. The standard InChI is InChI=1S/C21H20S3/c22-13-21(24-20-11-17-7-3-4-8-18(17)12-20)14-23-19-9-15-5-1-2-6-16(15)10-19/h1-9,11,21-22H,10,12-14H2. The first-order valence-corrected chi connectivity index (χ1v) is 10.8. The molecule has 4 rings (SSSR count). The summed E-state index contributed by atoms with van der Waals surface area (Å²) in [6.07, 6.45) is 6.89. The molecule has 0 aromatic heterocycles. The first-order valence-electron chi connectivity index (χ1n) is 8.29. The van der Waals surface area contributed by atoms with Crippen molar-refractivity contribution < 1.29 is 0 Å². The second-order valence-corrected chi connectivity index (χ2v) is 9.14. The van der Waals surface area contributed by atoms with Gasteiger partial charge in [-0.15, -0.1) is 23.5 Å². The van der Waals surface area contributed by atoms with E-state index >= 15 is 0 Å². The van der Waals surface area contributed by atoms with E-state index in [2.05, 4.69) is 73.3 Å². The largest absolute Gasteiger partial charge is 0.178 e. The number of hydrogen-bond donors (Lipinski definition) is 1. The predicted octanol–water partition coefficient (Wildman–Crippen LogP) is 5.95. The van der Waals surface area contributed by atoms with Crippen LogP contribution in [0.5, 0.6) is 0 Å². The number of allylic oxidation sites excluding steroid dienone is 2. The minimum atomic E-state index is 0.559. The van der Waals surface area contributed by atoms with Crippen LogP contribution in [0.3, 0.4) is 0 Å². The van der Waals surface area contributed by atoms with Gasteiger partial charge in [-0.2, -0.15) is 12.6 Å². The van der Waals surface area contributed by atoms with Crippen LogP contribution in [0.2, 0.25) is 0 Å². The SMILES string of the molecule is SCC(CSC1=Cc2ccccc2C1)SC1=Cc2ccccc2C1. The average Bonchev–Trinajstić information content (AvgIpc) is 3.21. The van der Waals surface area contributed by atoms with Crippen molar-refractivity contribution in [3.05, 3.63) is 80.6 Å². The van der Waals surface area contributed by atoms with Gasteiger partial charge in [0.2, 0.25) is 0 Å². The van der Waals surface area contributed by atoms with Crippen LogP contribution in [-0.4, -0.2) is 16.8 Å². The summed E-state index contributed by atoms with van der Waals surface area (Å²) in [5, 5.41) is 0.559. The summed E-state index contributed by atoms with van der Waals surface area (Å²) >= 11 is 8.61. The first kappa shape index (κ1) is 16.4. The molecule has 0 saturated heterocycles. The monoisotopic (exact) mass is 368 g/mol. The Bertz CT molecular complexity index is 804. The molecule has 1 unspecified atom stereocenters. The molecule has 0 spiro atoms. The molecule has 0 amide bonds. The van der Waals surface area contributed by atoms with E-state index in [1.165, 1.54) is 32.1 Å². The third-order valence-electron chi connectivity index (χ3n) is 4.45. The van der Waals surface area contributed by atoms with E-state index in [9.17, 15) is 0 Å². The molecule has 2 aromatic rings. The normalized spacial score (nSPS) is 16.4. The van der Waals surface area contributed by atoms with E-state index in [1.54, 1.807) is 0 Å². The van der Waals surface area contributed by atoms with Gasteiger partial charge in [0.25, 0.3) is 0 Å². The molecule has 0 fully saturated rings. The fourth-order valence-corrected chi connectivity index (χ4v) is 6.13. The van der Waals surface area contributed by atoms with Gasteiger partial charge in [-0.1, -0.05) is 48.5 Å². The molecule has 0 aliphatic heterocycles. The van der Waals surface area contributed by atoms with E-state index in [0.29, 0.717) is 5.25 Å². The lowest BCUT2D eigenvalue weighted by Crippen LogP contribution is -2.09. The third kappa shape index (κ3) is 3.63. The highest BCUT2D eigenvalue weighted by atomic mass is 32.2. The molecule has 1 atom stereocenters. The Morgan fingerprint density at radius 3 is 2.04 bits per heavy atom. The molecule has 0 N–H and O–H groups in total. The summed E-state index contributed by atoms with van der Waals surface area (Å²) in [5.41, 5.74) is 5.70. The zero-order valence-electron chi connectivity index (χ0n) is 13.4. The van der Waals surface area contributed by atoms with Gasteiger partial charge in [-0.3, -0.25) is 0 Å². The molecule has 2 aromatic carbocycles. The molecule has 2 aliphatic rings. The van der Waals surface area contributed by atoms with Gasteiger partial charge in [0.05, 0.1) is 0 Å². The van der Waals surface area contributed by atoms with E-state index in [0.717, 1.165) is 24.3 Å². The zero-order valence-corrected chi connectivity index (χ0v) is 16.0. The minimum Gasteiger partial charge on any atom is -0.178 e. The van der Waals surface area contributed by atoms with Gasteiger partial charge in [-0.25, -0.2) is 0 Å². The number of rotatable bonds is 6. The van der Waals surface area contributed by atoms with Crippen LogP contribution in [0, 0.1) is 0 Å². The van der Waals surface area contributed by atoms with Gasteiger partial charge in [-0.05, 0) is 44.2 Å². The highest BCUT2D eigenvalue weighted by molar-refractivity contribution is 8.07. The molecule has 2 aliphatic carbocycles. The van der Waals surface area contributed by atoms with Crippen molar-refractivity contribution in [3.8, 4) is 0 Å². The molecule has 122 valence electrons. The van der Waals surface area contributed by atoms with E-state index in [1.807, 2.05) is 23.5 Å². The van der Waals surface area contributed by atoms with Crippen LogP contribution in [0.1, 0.15) is 22.3 Å². The molecule has 0 radical (unpaired) electrons. The van der Waals surface area contributed by atoms with Crippen molar-refractivity contribution in [1.82, 2.24) is 0 Å². The first-order chi connectivity index (χ1) is 11.8. The Labute approximate surface area is 158 Å². The Hall–Kier alpha value is -1.03. The summed E-state index contributed by atoms with van der Waals surface area (Å²) in [5.74, 6) is 2.05. The number of thioether (sulfide) groups is 2. The molecule has 0 nitrogen and oxygen atoms in total. The Kier molecular flexibility index (Phi) is 5.11. The highest BCUT2D eigenvalue weighted by Crippen LogP contribution is 2.38. The maximum Gasteiger partial charge on any atom is 0.0273 e. The van der Waals surface area contributed by atoms with Crippen molar-refractivity contribution in [2.24, 2.45) is 0 Å². The molecule has 0 saturated carbocycles. The van der Waals surface area contributed by atoms with Gasteiger partial charge in [0, 0.05) is 29.6 Å². The fourth-order valence-electron chi connectivity index (χ4n) is 3.20. The average molecular weight is 369 g/mol. The van der Waals surface area contributed by atoms with Crippen molar-refractivity contribution >= 4 is 48.3 Å². The molecule has 0 bridgehead atoms. The molecule has 24 heavy (non-hydrogen) atoms. The van der Waals surface area contributed by atoms with Gasteiger partial charge >= 0.3 is 0 Å².